The Morgan fingerprint density at radius 1 is 1.50 bits per heavy atom. The average Bonchev–Trinajstić information content (AvgIpc) is 2.24. The fourth-order valence-corrected chi connectivity index (χ4v) is 2.25. The molecule has 84 valence electrons. The highest BCUT2D eigenvalue weighted by molar-refractivity contribution is 9.10. The Morgan fingerprint density at radius 3 is 2.88 bits per heavy atom. The predicted molar refractivity (Wildman–Crippen MR) is 66.1 cm³/mol. The third-order valence-electron chi connectivity index (χ3n) is 2.89. The fourth-order valence-electron chi connectivity index (χ4n) is 1.88. The van der Waals surface area contributed by atoms with Crippen molar-refractivity contribution in [1.82, 2.24) is 0 Å². The van der Waals surface area contributed by atoms with E-state index in [2.05, 4.69) is 27.3 Å². The van der Waals surface area contributed by atoms with Gasteiger partial charge in [-0.25, -0.2) is 0 Å². The van der Waals surface area contributed by atoms with Gasteiger partial charge in [-0.2, -0.15) is 5.26 Å². The number of aliphatic hydroxyl groups is 1. The van der Waals surface area contributed by atoms with E-state index in [9.17, 15) is 0 Å². The molecule has 4 heteroatoms. The van der Waals surface area contributed by atoms with Crippen molar-refractivity contribution in [3.63, 3.8) is 0 Å². The van der Waals surface area contributed by atoms with Gasteiger partial charge in [0, 0.05) is 11.0 Å². The predicted octanol–water partition coefficient (Wildman–Crippen LogP) is 2.50. The molecule has 3 nitrogen and oxygen atoms in total. The minimum Gasteiger partial charge on any atom is -0.393 e. The SMILES string of the molecule is N#Cc1cc(Br)ccc1NCC1CC(O)C1. The van der Waals surface area contributed by atoms with Crippen molar-refractivity contribution in [2.45, 2.75) is 18.9 Å². The third-order valence-corrected chi connectivity index (χ3v) is 3.39. The minimum absolute atomic E-state index is 0.118. The van der Waals surface area contributed by atoms with Crippen molar-refractivity contribution in [3.05, 3.63) is 28.2 Å². The lowest BCUT2D eigenvalue weighted by Gasteiger charge is -2.31. The topological polar surface area (TPSA) is 56.0 Å². The molecule has 1 saturated carbocycles. The molecule has 16 heavy (non-hydrogen) atoms. The normalized spacial score (nSPS) is 23.3. The number of aliphatic hydroxyl groups excluding tert-OH is 1. The fraction of sp³-hybridized carbons (Fsp3) is 0.417. The molecule has 0 spiro atoms. The first kappa shape index (κ1) is 11.4. The van der Waals surface area contributed by atoms with Gasteiger partial charge in [-0.3, -0.25) is 0 Å². The first-order valence-corrected chi connectivity index (χ1v) is 6.10. The van der Waals surface area contributed by atoms with Gasteiger partial charge in [-0.15, -0.1) is 0 Å². The van der Waals surface area contributed by atoms with Crippen molar-refractivity contribution in [2.75, 3.05) is 11.9 Å². The number of hydrogen-bond acceptors (Lipinski definition) is 3. The number of benzene rings is 1. The molecule has 0 bridgehead atoms. The van der Waals surface area contributed by atoms with Crippen LogP contribution in [0.5, 0.6) is 0 Å². The number of halogens is 1. The van der Waals surface area contributed by atoms with Crippen LogP contribution in [0.1, 0.15) is 18.4 Å². The largest absolute Gasteiger partial charge is 0.393 e. The van der Waals surface area contributed by atoms with Crippen LogP contribution in [0.25, 0.3) is 0 Å². The molecule has 0 aromatic heterocycles. The van der Waals surface area contributed by atoms with Gasteiger partial charge < -0.3 is 10.4 Å². The van der Waals surface area contributed by atoms with E-state index in [1.165, 1.54) is 0 Å². The molecule has 2 rings (SSSR count). The number of rotatable bonds is 3. The number of nitriles is 1. The van der Waals surface area contributed by atoms with E-state index in [0.29, 0.717) is 11.5 Å². The van der Waals surface area contributed by atoms with Crippen molar-refractivity contribution in [1.29, 1.82) is 5.26 Å². The standard InChI is InChI=1S/C12H13BrN2O/c13-10-1-2-12(9(5-10)6-14)15-7-8-3-11(16)4-8/h1-2,5,8,11,15-16H,3-4,7H2. The summed E-state index contributed by atoms with van der Waals surface area (Å²) < 4.78 is 0.911. The highest BCUT2D eigenvalue weighted by atomic mass is 79.9. The van der Waals surface area contributed by atoms with Crippen LogP contribution in [-0.2, 0) is 0 Å². The van der Waals surface area contributed by atoms with E-state index in [0.717, 1.165) is 29.5 Å². The lowest BCUT2D eigenvalue weighted by molar-refractivity contribution is 0.0487. The molecule has 0 radical (unpaired) electrons. The van der Waals surface area contributed by atoms with Gasteiger partial charge in [-0.1, -0.05) is 15.9 Å². The van der Waals surface area contributed by atoms with Crippen molar-refractivity contribution in [2.24, 2.45) is 5.92 Å². The molecular formula is C12H13BrN2O. The Balaban J connectivity index is 1.96. The Kier molecular flexibility index (Phi) is 3.47. The molecule has 1 aromatic rings. The van der Waals surface area contributed by atoms with Crippen LogP contribution in [0, 0.1) is 17.2 Å². The number of nitrogens with zero attached hydrogens (tertiary/aromatic N) is 1. The Labute approximate surface area is 103 Å². The minimum atomic E-state index is -0.118. The number of nitrogens with one attached hydrogen (secondary N) is 1. The molecule has 0 aliphatic heterocycles. The second-order valence-electron chi connectivity index (χ2n) is 4.17. The first-order valence-electron chi connectivity index (χ1n) is 5.30. The van der Waals surface area contributed by atoms with Crippen LogP contribution < -0.4 is 5.32 Å². The maximum atomic E-state index is 9.17. The summed E-state index contributed by atoms with van der Waals surface area (Å²) >= 11 is 3.34. The van der Waals surface area contributed by atoms with Crippen molar-refractivity contribution in [3.8, 4) is 6.07 Å². The molecule has 0 unspecified atom stereocenters. The molecular weight excluding hydrogens is 268 g/mol. The van der Waals surface area contributed by atoms with Gasteiger partial charge in [0.2, 0.25) is 0 Å². The van der Waals surface area contributed by atoms with Gasteiger partial charge in [0.05, 0.1) is 17.4 Å². The van der Waals surface area contributed by atoms with E-state index < -0.39 is 0 Å². The zero-order valence-electron chi connectivity index (χ0n) is 8.78. The summed E-state index contributed by atoms with van der Waals surface area (Å²) in [6.45, 7) is 0.827. The molecule has 0 atom stereocenters. The van der Waals surface area contributed by atoms with Crippen LogP contribution >= 0.6 is 15.9 Å². The summed E-state index contributed by atoms with van der Waals surface area (Å²) in [6, 6.07) is 7.78. The summed E-state index contributed by atoms with van der Waals surface area (Å²) in [5.41, 5.74) is 1.52. The smallest absolute Gasteiger partial charge is 0.101 e. The third kappa shape index (κ3) is 2.55. The lowest BCUT2D eigenvalue weighted by atomic mass is 9.82. The van der Waals surface area contributed by atoms with E-state index in [-0.39, 0.29) is 6.10 Å². The van der Waals surface area contributed by atoms with E-state index in [1.807, 2.05) is 12.1 Å². The summed E-state index contributed by atoms with van der Waals surface area (Å²) in [5.74, 6) is 0.533. The maximum Gasteiger partial charge on any atom is 0.101 e. The lowest BCUT2D eigenvalue weighted by Crippen LogP contribution is -2.33. The van der Waals surface area contributed by atoms with Crippen LogP contribution in [-0.4, -0.2) is 17.8 Å². The quantitative estimate of drug-likeness (QED) is 0.895. The highest BCUT2D eigenvalue weighted by Crippen LogP contribution is 2.28. The van der Waals surface area contributed by atoms with Crippen LogP contribution in [0.3, 0.4) is 0 Å². The zero-order valence-corrected chi connectivity index (χ0v) is 10.4. The van der Waals surface area contributed by atoms with Gasteiger partial charge in [-0.05, 0) is 37.0 Å². The summed E-state index contributed by atoms with van der Waals surface area (Å²) in [7, 11) is 0. The summed E-state index contributed by atoms with van der Waals surface area (Å²) in [4.78, 5) is 0. The van der Waals surface area contributed by atoms with Gasteiger partial charge >= 0.3 is 0 Å². The first-order chi connectivity index (χ1) is 7.69. The summed E-state index contributed by atoms with van der Waals surface area (Å²) in [6.07, 6.45) is 1.61. The molecule has 1 aliphatic carbocycles. The number of hydrogen-bond donors (Lipinski definition) is 2. The van der Waals surface area contributed by atoms with Crippen LogP contribution in [0.15, 0.2) is 22.7 Å². The van der Waals surface area contributed by atoms with Crippen LogP contribution in [0.2, 0.25) is 0 Å². The Morgan fingerprint density at radius 2 is 2.25 bits per heavy atom. The Hall–Kier alpha value is -1.05. The molecule has 1 aromatic carbocycles. The van der Waals surface area contributed by atoms with Gasteiger partial charge in [0.15, 0.2) is 0 Å². The summed E-state index contributed by atoms with van der Waals surface area (Å²) in [5, 5.41) is 21.4. The molecule has 0 amide bonds. The molecule has 2 N–H and O–H groups in total. The van der Waals surface area contributed by atoms with Gasteiger partial charge in [0.25, 0.3) is 0 Å². The molecule has 1 fully saturated rings. The van der Waals surface area contributed by atoms with E-state index >= 15 is 0 Å². The van der Waals surface area contributed by atoms with E-state index in [1.54, 1.807) is 6.07 Å². The second kappa shape index (κ2) is 4.86. The average molecular weight is 281 g/mol. The highest BCUT2D eigenvalue weighted by Gasteiger charge is 2.26. The number of anilines is 1. The molecule has 0 saturated heterocycles. The van der Waals surface area contributed by atoms with Crippen molar-refractivity contribution < 1.29 is 5.11 Å². The second-order valence-corrected chi connectivity index (χ2v) is 5.09. The maximum absolute atomic E-state index is 9.17. The van der Waals surface area contributed by atoms with Crippen molar-refractivity contribution >= 4 is 21.6 Å². The van der Waals surface area contributed by atoms with Gasteiger partial charge in [0.1, 0.15) is 6.07 Å². The molecule has 0 heterocycles. The molecule has 1 aliphatic rings. The van der Waals surface area contributed by atoms with E-state index in [4.69, 9.17) is 10.4 Å². The zero-order chi connectivity index (χ0) is 11.5. The Bertz CT molecular complexity index is 422. The monoisotopic (exact) mass is 280 g/mol. The van der Waals surface area contributed by atoms with Crippen LogP contribution in [0.4, 0.5) is 5.69 Å².